The van der Waals surface area contributed by atoms with Crippen LogP contribution in [0.2, 0.25) is 0 Å². The number of aromatic nitrogens is 1. The van der Waals surface area contributed by atoms with Gasteiger partial charge in [-0.1, -0.05) is 12.1 Å². The molecule has 0 amide bonds. The number of furan rings is 1. The van der Waals surface area contributed by atoms with E-state index in [0.717, 1.165) is 20.1 Å². The summed E-state index contributed by atoms with van der Waals surface area (Å²) in [6, 6.07) is 15.2. The largest absolute Gasteiger partial charge is 0.466 e. The Bertz CT molecular complexity index is 920. The van der Waals surface area contributed by atoms with Crippen LogP contribution in [0.25, 0.3) is 20.1 Å². The molecule has 0 saturated carbocycles. The summed E-state index contributed by atoms with van der Waals surface area (Å²) in [6.45, 7) is 0.139. The molecule has 4 rings (SSSR count). The fourth-order valence-electron chi connectivity index (χ4n) is 2.14. The topological polar surface area (TPSA) is 52.3 Å². The Morgan fingerprint density at radius 1 is 1.09 bits per heavy atom. The van der Waals surface area contributed by atoms with Crippen LogP contribution in [-0.4, -0.2) is 11.0 Å². The predicted molar refractivity (Wildman–Crippen MR) is 90.8 cm³/mol. The van der Waals surface area contributed by atoms with Crippen LogP contribution < -0.4 is 0 Å². The van der Waals surface area contributed by atoms with Crippen molar-refractivity contribution in [1.29, 1.82) is 0 Å². The number of carbonyl (C=O) groups excluding carboxylic acids is 1. The minimum absolute atomic E-state index is 0.139. The molecule has 0 N–H and O–H groups in total. The van der Waals surface area contributed by atoms with Gasteiger partial charge in [0, 0.05) is 0 Å². The maximum Gasteiger partial charge on any atom is 0.348 e. The first-order chi connectivity index (χ1) is 11.3. The number of hydrogen-bond donors (Lipinski definition) is 0. The lowest BCUT2D eigenvalue weighted by Gasteiger charge is -1.99. The third kappa shape index (κ3) is 2.91. The smallest absolute Gasteiger partial charge is 0.348 e. The Kier molecular flexibility index (Phi) is 3.69. The van der Waals surface area contributed by atoms with E-state index in [0.29, 0.717) is 10.6 Å². The summed E-state index contributed by atoms with van der Waals surface area (Å²) in [5.41, 5.74) is 0.975. The van der Waals surface area contributed by atoms with Crippen LogP contribution in [0.1, 0.15) is 15.4 Å². The van der Waals surface area contributed by atoms with E-state index in [4.69, 9.17) is 9.15 Å². The molecule has 0 unspecified atom stereocenters. The summed E-state index contributed by atoms with van der Waals surface area (Å²) in [6.07, 6.45) is 1.56. The minimum atomic E-state index is -0.348. The first kappa shape index (κ1) is 14.2. The molecule has 0 spiro atoms. The van der Waals surface area contributed by atoms with Crippen molar-refractivity contribution in [3.63, 3.8) is 0 Å². The van der Waals surface area contributed by atoms with Gasteiger partial charge in [-0.25, -0.2) is 9.78 Å². The molecule has 0 radical (unpaired) electrons. The second kappa shape index (κ2) is 5.98. The Hall–Kier alpha value is -2.44. The summed E-state index contributed by atoms with van der Waals surface area (Å²) in [5.74, 6) is 0.278. The van der Waals surface area contributed by atoms with Gasteiger partial charge in [-0.3, -0.25) is 0 Å². The second-order valence-corrected chi connectivity index (χ2v) is 6.92. The summed E-state index contributed by atoms with van der Waals surface area (Å²) >= 11 is 3.01. The number of fused-ring (bicyclic) bond motifs is 1. The Morgan fingerprint density at radius 3 is 2.83 bits per heavy atom. The van der Waals surface area contributed by atoms with Gasteiger partial charge in [0.1, 0.15) is 22.3 Å². The van der Waals surface area contributed by atoms with Gasteiger partial charge in [0.05, 0.1) is 21.4 Å². The van der Waals surface area contributed by atoms with Crippen molar-refractivity contribution in [2.45, 2.75) is 6.61 Å². The van der Waals surface area contributed by atoms with Crippen molar-refractivity contribution in [2.75, 3.05) is 0 Å². The molecule has 0 aliphatic heterocycles. The van der Waals surface area contributed by atoms with E-state index >= 15 is 0 Å². The van der Waals surface area contributed by atoms with Crippen molar-refractivity contribution >= 4 is 38.9 Å². The van der Waals surface area contributed by atoms with Crippen LogP contribution in [0.4, 0.5) is 0 Å². The molecule has 3 heterocycles. The van der Waals surface area contributed by atoms with Crippen LogP contribution in [-0.2, 0) is 11.3 Å². The number of thiophene rings is 1. The van der Waals surface area contributed by atoms with Gasteiger partial charge in [-0.2, -0.15) is 0 Å². The average Bonchev–Trinajstić information content (AvgIpc) is 3.31. The van der Waals surface area contributed by atoms with Crippen LogP contribution >= 0.6 is 22.7 Å². The zero-order chi connectivity index (χ0) is 15.6. The molecule has 0 fully saturated rings. The van der Waals surface area contributed by atoms with Crippen molar-refractivity contribution in [3.05, 3.63) is 65.4 Å². The highest BCUT2D eigenvalue weighted by atomic mass is 32.1. The zero-order valence-electron chi connectivity index (χ0n) is 11.9. The normalized spacial score (nSPS) is 11.0. The number of rotatable bonds is 4. The molecule has 1 aromatic carbocycles. The van der Waals surface area contributed by atoms with Crippen LogP contribution in [0.3, 0.4) is 0 Å². The molecule has 4 aromatic rings. The maximum absolute atomic E-state index is 12.1. The molecular weight excluding hydrogens is 330 g/mol. The molecule has 6 heteroatoms. The average molecular weight is 341 g/mol. The first-order valence-corrected chi connectivity index (χ1v) is 8.58. The van der Waals surface area contributed by atoms with E-state index in [2.05, 4.69) is 4.98 Å². The van der Waals surface area contributed by atoms with Gasteiger partial charge in [0.25, 0.3) is 0 Å². The van der Waals surface area contributed by atoms with Crippen LogP contribution in [0, 0.1) is 0 Å². The molecule has 23 heavy (non-hydrogen) atoms. The van der Waals surface area contributed by atoms with E-state index in [9.17, 15) is 4.79 Å². The van der Waals surface area contributed by atoms with E-state index < -0.39 is 0 Å². The van der Waals surface area contributed by atoms with Gasteiger partial charge < -0.3 is 9.15 Å². The highest BCUT2D eigenvalue weighted by Gasteiger charge is 2.14. The third-order valence-corrected chi connectivity index (χ3v) is 5.51. The number of benzene rings is 1. The van der Waals surface area contributed by atoms with Crippen LogP contribution in [0.5, 0.6) is 0 Å². The molecule has 3 aromatic heterocycles. The lowest BCUT2D eigenvalue weighted by Crippen LogP contribution is -2.02. The molecule has 0 aliphatic rings. The second-order valence-electron chi connectivity index (χ2n) is 4.81. The monoisotopic (exact) mass is 341 g/mol. The lowest BCUT2D eigenvalue weighted by molar-refractivity contribution is 0.0451. The highest BCUT2D eigenvalue weighted by molar-refractivity contribution is 7.26. The van der Waals surface area contributed by atoms with Crippen molar-refractivity contribution in [2.24, 2.45) is 0 Å². The quantitative estimate of drug-likeness (QED) is 0.492. The van der Waals surface area contributed by atoms with Crippen molar-refractivity contribution in [1.82, 2.24) is 4.98 Å². The fourth-order valence-corrected chi connectivity index (χ4v) is 4.06. The van der Waals surface area contributed by atoms with E-state index in [-0.39, 0.29) is 12.6 Å². The SMILES string of the molecule is O=C(OCc1ccco1)c1ccc(-c2nc3ccccc3s2)s1. The first-order valence-electron chi connectivity index (χ1n) is 6.95. The van der Waals surface area contributed by atoms with Gasteiger partial charge >= 0.3 is 5.97 Å². The zero-order valence-corrected chi connectivity index (χ0v) is 13.5. The van der Waals surface area contributed by atoms with Gasteiger partial charge in [-0.15, -0.1) is 22.7 Å². The molecular formula is C17H11NO3S2. The number of carbonyl (C=O) groups is 1. The van der Waals surface area contributed by atoms with E-state index in [1.165, 1.54) is 11.3 Å². The summed E-state index contributed by atoms with van der Waals surface area (Å²) < 4.78 is 11.5. The summed E-state index contributed by atoms with van der Waals surface area (Å²) in [4.78, 5) is 18.2. The molecule has 114 valence electrons. The third-order valence-electron chi connectivity index (χ3n) is 3.24. The molecule has 0 atom stereocenters. The van der Waals surface area contributed by atoms with Gasteiger partial charge in [-0.05, 0) is 36.4 Å². The molecule has 4 nitrogen and oxygen atoms in total. The molecule has 0 bridgehead atoms. The number of ether oxygens (including phenoxy) is 1. The van der Waals surface area contributed by atoms with Gasteiger partial charge in [0.15, 0.2) is 0 Å². The molecule has 0 saturated heterocycles. The number of hydrogen-bond acceptors (Lipinski definition) is 6. The molecule has 0 aliphatic carbocycles. The maximum atomic E-state index is 12.1. The highest BCUT2D eigenvalue weighted by Crippen LogP contribution is 2.34. The van der Waals surface area contributed by atoms with Crippen molar-refractivity contribution < 1.29 is 13.9 Å². The van der Waals surface area contributed by atoms with Crippen LogP contribution in [0.15, 0.2) is 59.2 Å². The Balaban J connectivity index is 1.52. The summed E-state index contributed by atoms with van der Waals surface area (Å²) in [7, 11) is 0. The van der Waals surface area contributed by atoms with E-state index in [1.807, 2.05) is 30.3 Å². The number of esters is 1. The summed E-state index contributed by atoms with van der Waals surface area (Å²) in [5, 5.41) is 0.918. The Morgan fingerprint density at radius 2 is 2.00 bits per heavy atom. The van der Waals surface area contributed by atoms with Gasteiger partial charge in [0.2, 0.25) is 0 Å². The fraction of sp³-hybridized carbons (Fsp3) is 0.0588. The predicted octanol–water partition coefficient (Wildman–Crippen LogP) is 4.97. The minimum Gasteiger partial charge on any atom is -0.466 e. The Labute approximate surface area is 140 Å². The standard InChI is InChI=1S/C17H11NO3S2/c19-17(21-10-11-4-3-9-20-11)15-8-7-14(22-15)16-18-12-5-1-2-6-13(12)23-16/h1-9H,10H2. The van der Waals surface area contributed by atoms with Crippen molar-refractivity contribution in [3.8, 4) is 9.88 Å². The lowest BCUT2D eigenvalue weighted by atomic mass is 10.3. The van der Waals surface area contributed by atoms with E-state index in [1.54, 1.807) is 35.8 Å². The number of nitrogens with zero attached hydrogens (tertiary/aromatic N) is 1. The number of thiazole rings is 1. The number of para-hydroxylation sites is 1.